The number of rotatable bonds is 5. The molecule has 0 aliphatic carbocycles. The number of nitrogens with zero attached hydrogens (tertiary/aromatic N) is 2. The zero-order valence-electron chi connectivity index (χ0n) is 12.9. The van der Waals surface area contributed by atoms with E-state index < -0.39 is 0 Å². The summed E-state index contributed by atoms with van der Waals surface area (Å²) in [7, 11) is 1.74. The maximum absolute atomic E-state index is 5.99. The molecule has 1 heterocycles. The van der Waals surface area contributed by atoms with Gasteiger partial charge in [-0.25, -0.2) is 5.84 Å². The Morgan fingerprint density at radius 2 is 2.09 bits per heavy atom. The molecule has 0 spiro atoms. The number of allylic oxidation sites excluding steroid dienone is 1. The lowest BCUT2D eigenvalue weighted by atomic mass is 9.98. The van der Waals surface area contributed by atoms with E-state index in [1.165, 1.54) is 16.1 Å². The van der Waals surface area contributed by atoms with Gasteiger partial charge < -0.3 is 15.6 Å². The molecular weight excluding hydrogens is 296 g/mol. The molecule has 4 N–H and O–H groups in total. The third-order valence-corrected chi connectivity index (χ3v) is 4.05. The Morgan fingerprint density at radius 1 is 1.41 bits per heavy atom. The Bertz CT molecular complexity index is 587. The van der Waals surface area contributed by atoms with E-state index in [1.807, 2.05) is 12.1 Å². The number of halogens is 1. The maximum Gasteiger partial charge on any atom is 0.0617 e. The predicted molar refractivity (Wildman–Crippen MR) is 94.6 cm³/mol. The maximum atomic E-state index is 5.99. The molecule has 4 nitrogen and oxygen atoms in total. The SMILES string of the molecule is C=C(CCl)N1CC=C(c2ccc(/C(N)=C/N(C)N)cc2)CC1. The van der Waals surface area contributed by atoms with Crippen LogP contribution in [0.3, 0.4) is 0 Å². The second-order valence-corrected chi connectivity index (χ2v) is 5.72. The summed E-state index contributed by atoms with van der Waals surface area (Å²) in [6, 6.07) is 8.25. The minimum atomic E-state index is 0.485. The second-order valence-electron chi connectivity index (χ2n) is 5.45. The Balaban J connectivity index is 2.09. The lowest BCUT2D eigenvalue weighted by Crippen LogP contribution is -2.28. The van der Waals surface area contributed by atoms with Crippen molar-refractivity contribution in [2.45, 2.75) is 6.42 Å². The normalized spacial score (nSPS) is 15.5. The first-order valence-corrected chi connectivity index (χ1v) is 7.78. The topological polar surface area (TPSA) is 58.5 Å². The van der Waals surface area contributed by atoms with Crippen molar-refractivity contribution in [3.05, 3.63) is 59.9 Å². The Labute approximate surface area is 137 Å². The van der Waals surface area contributed by atoms with Gasteiger partial charge in [0.05, 0.1) is 11.6 Å². The van der Waals surface area contributed by atoms with Crippen molar-refractivity contribution in [1.29, 1.82) is 0 Å². The van der Waals surface area contributed by atoms with Crippen LogP contribution in [0.1, 0.15) is 17.5 Å². The van der Waals surface area contributed by atoms with Crippen LogP contribution in [0.15, 0.2) is 48.8 Å². The average Bonchev–Trinajstić information content (AvgIpc) is 2.54. The summed E-state index contributed by atoms with van der Waals surface area (Å²) in [5.41, 5.74) is 11.2. The Hall–Kier alpha value is -1.91. The minimum absolute atomic E-state index is 0.485. The second kappa shape index (κ2) is 7.38. The third kappa shape index (κ3) is 4.06. The lowest BCUT2D eigenvalue weighted by Gasteiger charge is -2.29. The fourth-order valence-electron chi connectivity index (χ4n) is 2.47. The summed E-state index contributed by atoms with van der Waals surface area (Å²) in [6.07, 6.45) is 4.93. The molecular formula is C17H23ClN4. The van der Waals surface area contributed by atoms with E-state index in [-0.39, 0.29) is 0 Å². The van der Waals surface area contributed by atoms with Gasteiger partial charge in [-0.2, -0.15) is 0 Å². The zero-order chi connectivity index (χ0) is 16.1. The van der Waals surface area contributed by atoms with Crippen LogP contribution in [0.4, 0.5) is 0 Å². The summed E-state index contributed by atoms with van der Waals surface area (Å²) < 4.78 is 0. The summed E-state index contributed by atoms with van der Waals surface area (Å²) >= 11 is 5.83. The number of hydrazine groups is 1. The molecule has 0 amide bonds. The van der Waals surface area contributed by atoms with Crippen molar-refractivity contribution < 1.29 is 0 Å². The van der Waals surface area contributed by atoms with E-state index in [9.17, 15) is 0 Å². The predicted octanol–water partition coefficient (Wildman–Crippen LogP) is 2.59. The molecule has 1 aromatic carbocycles. The van der Waals surface area contributed by atoms with Crippen LogP contribution >= 0.6 is 11.6 Å². The fraction of sp³-hybridized carbons (Fsp3) is 0.294. The fourth-order valence-corrected chi connectivity index (χ4v) is 2.64. The summed E-state index contributed by atoms with van der Waals surface area (Å²) in [4.78, 5) is 2.21. The highest BCUT2D eigenvalue weighted by atomic mass is 35.5. The first-order valence-electron chi connectivity index (χ1n) is 7.24. The van der Waals surface area contributed by atoms with Gasteiger partial charge in [-0.3, -0.25) is 0 Å². The van der Waals surface area contributed by atoms with E-state index in [2.05, 4.69) is 29.7 Å². The summed E-state index contributed by atoms with van der Waals surface area (Å²) in [5.74, 6) is 6.06. The van der Waals surface area contributed by atoms with E-state index in [0.29, 0.717) is 11.6 Å². The van der Waals surface area contributed by atoms with Crippen LogP contribution in [0, 0.1) is 0 Å². The van der Waals surface area contributed by atoms with Gasteiger partial charge in [0.2, 0.25) is 0 Å². The molecule has 0 saturated carbocycles. The molecule has 0 bridgehead atoms. The molecule has 1 aliphatic rings. The standard InChI is InChI=1S/C17H23ClN4/c1-13(11-18)22-9-7-15(8-10-22)14-3-5-16(6-4-14)17(19)12-21(2)20/h3-7,12H,1,8-11,19-20H2,2H3/b17-12-. The summed E-state index contributed by atoms with van der Waals surface area (Å²) in [5, 5.41) is 1.45. The van der Waals surface area contributed by atoms with Crippen molar-refractivity contribution in [3.63, 3.8) is 0 Å². The van der Waals surface area contributed by atoms with Crippen molar-refractivity contribution in [3.8, 4) is 0 Å². The number of hydrogen-bond donors (Lipinski definition) is 2. The first kappa shape index (κ1) is 16.5. The van der Waals surface area contributed by atoms with Gasteiger partial charge >= 0.3 is 0 Å². The van der Waals surface area contributed by atoms with E-state index in [1.54, 1.807) is 13.2 Å². The summed E-state index contributed by atoms with van der Waals surface area (Å²) in [6.45, 7) is 5.80. The van der Waals surface area contributed by atoms with E-state index >= 15 is 0 Å². The number of benzene rings is 1. The molecule has 2 rings (SSSR count). The quantitative estimate of drug-likeness (QED) is 0.498. The van der Waals surface area contributed by atoms with E-state index in [4.69, 9.17) is 23.2 Å². The van der Waals surface area contributed by atoms with Crippen LogP contribution in [-0.2, 0) is 0 Å². The molecule has 0 saturated heterocycles. The highest BCUT2D eigenvalue weighted by molar-refractivity contribution is 6.19. The number of hydrogen-bond acceptors (Lipinski definition) is 4. The van der Waals surface area contributed by atoms with Gasteiger partial charge in [-0.15, -0.1) is 11.6 Å². The van der Waals surface area contributed by atoms with Crippen molar-refractivity contribution in [1.82, 2.24) is 9.91 Å². The zero-order valence-corrected chi connectivity index (χ0v) is 13.7. The largest absolute Gasteiger partial charge is 0.397 e. The number of alkyl halides is 1. The average molecular weight is 319 g/mol. The van der Waals surface area contributed by atoms with Crippen molar-refractivity contribution in [2.75, 3.05) is 26.0 Å². The third-order valence-electron chi connectivity index (χ3n) is 3.74. The van der Waals surface area contributed by atoms with Crippen molar-refractivity contribution in [2.24, 2.45) is 11.6 Å². The van der Waals surface area contributed by atoms with Crippen LogP contribution in [0.2, 0.25) is 0 Å². The molecule has 0 radical (unpaired) electrons. The van der Waals surface area contributed by atoms with Crippen LogP contribution in [0.25, 0.3) is 11.3 Å². The highest BCUT2D eigenvalue weighted by Crippen LogP contribution is 2.25. The Morgan fingerprint density at radius 3 is 2.59 bits per heavy atom. The molecule has 0 aromatic heterocycles. The molecule has 0 atom stereocenters. The molecule has 1 aliphatic heterocycles. The van der Waals surface area contributed by atoms with E-state index in [0.717, 1.165) is 30.8 Å². The molecule has 118 valence electrons. The molecule has 1 aromatic rings. The van der Waals surface area contributed by atoms with Gasteiger partial charge in [0.25, 0.3) is 0 Å². The van der Waals surface area contributed by atoms with Gasteiger partial charge in [0.1, 0.15) is 0 Å². The Kier molecular flexibility index (Phi) is 5.52. The molecule has 22 heavy (non-hydrogen) atoms. The van der Waals surface area contributed by atoms with Crippen molar-refractivity contribution >= 4 is 22.9 Å². The minimum Gasteiger partial charge on any atom is -0.397 e. The lowest BCUT2D eigenvalue weighted by molar-refractivity contribution is 0.383. The first-order chi connectivity index (χ1) is 10.5. The van der Waals surface area contributed by atoms with Crippen LogP contribution in [-0.4, -0.2) is 35.9 Å². The van der Waals surface area contributed by atoms with Gasteiger partial charge in [0.15, 0.2) is 0 Å². The van der Waals surface area contributed by atoms with Crippen LogP contribution < -0.4 is 11.6 Å². The van der Waals surface area contributed by atoms with Gasteiger partial charge in [-0.05, 0) is 23.1 Å². The van der Waals surface area contributed by atoms with Gasteiger partial charge in [0, 0.05) is 32.0 Å². The monoisotopic (exact) mass is 318 g/mol. The molecule has 0 unspecified atom stereocenters. The molecule has 0 fully saturated rings. The highest BCUT2D eigenvalue weighted by Gasteiger charge is 2.13. The van der Waals surface area contributed by atoms with Crippen LogP contribution in [0.5, 0.6) is 0 Å². The smallest absolute Gasteiger partial charge is 0.0617 e. The molecule has 5 heteroatoms. The number of nitrogens with two attached hydrogens (primary N) is 2. The van der Waals surface area contributed by atoms with Gasteiger partial charge in [-0.1, -0.05) is 36.9 Å².